The molecule has 34 heavy (non-hydrogen) atoms. The number of hydrogen-bond donors (Lipinski definition) is 0. The van der Waals surface area contributed by atoms with Crippen molar-refractivity contribution >= 4 is 32.8 Å². The van der Waals surface area contributed by atoms with Gasteiger partial charge in [-0.05, 0) is 42.7 Å². The number of fused-ring (bicyclic) bond motifs is 1. The number of benzene rings is 3. The fraction of sp³-hybridized carbons (Fsp3) is 0.321. The van der Waals surface area contributed by atoms with Crippen LogP contribution in [0.1, 0.15) is 32.3 Å². The fourth-order valence-electron chi connectivity index (χ4n) is 4.69. The smallest absolute Gasteiger partial charge is 0.243 e. The summed E-state index contributed by atoms with van der Waals surface area (Å²) in [7, 11) is -3.57. The second-order valence-electron chi connectivity index (χ2n) is 9.13. The van der Waals surface area contributed by atoms with Crippen molar-refractivity contribution in [3.05, 3.63) is 83.9 Å². The van der Waals surface area contributed by atoms with Crippen LogP contribution in [0.25, 0.3) is 16.8 Å². The number of nitrogens with zero attached hydrogens (tertiary/aromatic N) is 2. The van der Waals surface area contributed by atoms with Crippen LogP contribution in [0.15, 0.2) is 83.3 Å². The van der Waals surface area contributed by atoms with Gasteiger partial charge in [0, 0.05) is 38.5 Å². The lowest BCUT2D eigenvalue weighted by atomic mass is 9.97. The van der Waals surface area contributed by atoms with E-state index in [1.54, 1.807) is 23.4 Å². The van der Waals surface area contributed by atoms with Crippen molar-refractivity contribution in [1.29, 1.82) is 0 Å². The van der Waals surface area contributed by atoms with Crippen molar-refractivity contribution in [2.45, 2.75) is 31.6 Å². The first kappa shape index (κ1) is 24.2. The Morgan fingerprint density at radius 1 is 0.941 bits per heavy atom. The van der Waals surface area contributed by atoms with Crippen LogP contribution in [-0.4, -0.2) is 49.7 Å². The average Bonchev–Trinajstić information content (AvgIpc) is 2.84. The molecule has 4 rings (SSSR count). The minimum Gasteiger partial charge on any atom is -0.339 e. The van der Waals surface area contributed by atoms with E-state index >= 15 is 0 Å². The van der Waals surface area contributed by atoms with Crippen LogP contribution in [-0.2, 0) is 14.8 Å². The summed E-state index contributed by atoms with van der Waals surface area (Å²) >= 11 is 0. The van der Waals surface area contributed by atoms with E-state index in [1.165, 1.54) is 0 Å². The molecule has 0 saturated carbocycles. The van der Waals surface area contributed by atoms with Gasteiger partial charge in [-0.25, -0.2) is 8.42 Å². The van der Waals surface area contributed by atoms with Gasteiger partial charge in [0.2, 0.25) is 15.9 Å². The summed E-state index contributed by atoms with van der Waals surface area (Å²) in [5.74, 6) is 0.332. The highest BCUT2D eigenvalue weighted by Crippen LogP contribution is 2.29. The van der Waals surface area contributed by atoms with E-state index in [9.17, 15) is 13.2 Å². The molecule has 1 amide bonds. The topological polar surface area (TPSA) is 57.7 Å². The molecule has 5 nitrogen and oxygen atoms in total. The molecule has 178 valence electrons. The summed E-state index contributed by atoms with van der Waals surface area (Å²) in [4.78, 5) is 14.6. The van der Waals surface area contributed by atoms with Crippen molar-refractivity contribution in [3.63, 3.8) is 0 Å². The summed E-state index contributed by atoms with van der Waals surface area (Å²) in [5.41, 5.74) is 2.24. The molecule has 0 aliphatic carbocycles. The minimum absolute atomic E-state index is 0.0478. The van der Waals surface area contributed by atoms with E-state index in [4.69, 9.17) is 0 Å². The summed E-state index contributed by atoms with van der Waals surface area (Å²) in [6.45, 7) is 5.83. The minimum atomic E-state index is -3.57. The Kier molecular flexibility index (Phi) is 7.49. The highest BCUT2D eigenvalue weighted by molar-refractivity contribution is 7.89. The predicted octanol–water partition coefficient (Wildman–Crippen LogP) is 5.19. The third-order valence-electron chi connectivity index (χ3n) is 6.52. The molecule has 0 spiro atoms. The number of sulfonamides is 1. The van der Waals surface area contributed by atoms with Crippen molar-refractivity contribution in [3.8, 4) is 0 Å². The van der Waals surface area contributed by atoms with Crippen LogP contribution in [0.4, 0.5) is 0 Å². The molecule has 6 heteroatoms. The lowest BCUT2D eigenvalue weighted by Crippen LogP contribution is -2.42. The van der Waals surface area contributed by atoms with Crippen molar-refractivity contribution in [1.82, 2.24) is 9.21 Å². The maximum Gasteiger partial charge on any atom is 0.243 e. The van der Waals surface area contributed by atoms with Gasteiger partial charge in [-0.3, -0.25) is 4.79 Å². The van der Waals surface area contributed by atoms with Crippen LogP contribution in [0.3, 0.4) is 0 Å². The molecule has 1 saturated heterocycles. The number of amides is 1. The molecule has 0 bridgehead atoms. The van der Waals surface area contributed by atoms with Gasteiger partial charge in [-0.2, -0.15) is 4.31 Å². The third kappa shape index (κ3) is 5.57. The Hall–Kier alpha value is -2.96. The summed E-state index contributed by atoms with van der Waals surface area (Å²) < 4.78 is 28.4. The highest BCUT2D eigenvalue weighted by Gasteiger charge is 2.31. The molecule has 1 aliphatic heterocycles. The van der Waals surface area contributed by atoms with E-state index in [-0.39, 0.29) is 11.8 Å². The quantitative estimate of drug-likeness (QED) is 0.471. The van der Waals surface area contributed by atoms with E-state index < -0.39 is 10.0 Å². The molecular weight excluding hydrogens is 444 g/mol. The lowest BCUT2D eigenvalue weighted by molar-refractivity contribution is -0.129. The number of rotatable bonds is 7. The number of carbonyl (C=O) groups excluding carboxylic acids is 1. The zero-order chi connectivity index (χ0) is 24.1. The number of hydrogen-bond acceptors (Lipinski definition) is 3. The van der Waals surface area contributed by atoms with Gasteiger partial charge in [0.25, 0.3) is 0 Å². The maximum absolute atomic E-state index is 13.4. The van der Waals surface area contributed by atoms with Gasteiger partial charge in [0.1, 0.15) is 0 Å². The van der Waals surface area contributed by atoms with Gasteiger partial charge < -0.3 is 4.90 Å². The van der Waals surface area contributed by atoms with Crippen molar-refractivity contribution in [2.24, 2.45) is 5.92 Å². The summed E-state index contributed by atoms with van der Waals surface area (Å²) in [6.07, 6.45) is 3.60. The Labute approximate surface area is 202 Å². The van der Waals surface area contributed by atoms with Crippen LogP contribution in [0.5, 0.6) is 0 Å². The van der Waals surface area contributed by atoms with Gasteiger partial charge in [0.05, 0.1) is 4.90 Å². The molecule has 1 heterocycles. The molecule has 0 unspecified atom stereocenters. The highest BCUT2D eigenvalue weighted by atomic mass is 32.2. The first-order valence-corrected chi connectivity index (χ1v) is 13.2. The van der Waals surface area contributed by atoms with Gasteiger partial charge in [0.15, 0.2) is 0 Å². The lowest BCUT2D eigenvalue weighted by Gasteiger charge is -2.34. The number of carbonyl (C=O) groups is 1. The molecule has 1 fully saturated rings. The Bertz CT molecular complexity index is 1270. The molecular formula is C28H32N2O3S. The molecule has 0 N–H and O–H groups in total. The van der Waals surface area contributed by atoms with Gasteiger partial charge in [-0.1, -0.05) is 78.4 Å². The van der Waals surface area contributed by atoms with Crippen molar-refractivity contribution < 1.29 is 13.2 Å². The molecule has 0 atom stereocenters. The van der Waals surface area contributed by atoms with Crippen molar-refractivity contribution in [2.75, 3.05) is 26.2 Å². The standard InChI is InChI=1S/C28H32N2O3S/c1-22(19-24-9-4-3-5-10-24)20-29(23(2)31)21-25-15-17-30(18-16-25)34(32,33)28-14-8-12-26-11-6-7-13-27(26)28/h3-14,19,25H,15-18,20-21H2,1-2H3. The second kappa shape index (κ2) is 10.5. The zero-order valence-corrected chi connectivity index (χ0v) is 20.7. The Balaban J connectivity index is 1.40. The van der Waals surface area contributed by atoms with E-state index in [2.05, 4.69) is 6.08 Å². The SMILES string of the molecule is CC(=O)N(CC(C)=Cc1ccccc1)CC1CCN(S(=O)(=O)c2cccc3ccccc23)CC1. The predicted molar refractivity (Wildman–Crippen MR) is 138 cm³/mol. The van der Waals surface area contributed by atoms with Crippen LogP contribution >= 0.6 is 0 Å². The summed E-state index contributed by atoms with van der Waals surface area (Å²) in [5, 5.41) is 1.69. The first-order chi connectivity index (χ1) is 16.3. The van der Waals surface area contributed by atoms with Crippen LogP contribution < -0.4 is 0 Å². The number of piperidine rings is 1. The first-order valence-electron chi connectivity index (χ1n) is 11.8. The van der Waals surface area contributed by atoms with E-state index in [0.717, 1.165) is 34.8 Å². The molecule has 0 aromatic heterocycles. The normalized spacial score (nSPS) is 16.0. The Morgan fingerprint density at radius 2 is 1.59 bits per heavy atom. The Morgan fingerprint density at radius 3 is 2.29 bits per heavy atom. The average molecular weight is 477 g/mol. The fourth-order valence-corrected chi connectivity index (χ4v) is 6.37. The summed E-state index contributed by atoms with van der Waals surface area (Å²) in [6, 6.07) is 23.1. The molecule has 1 aliphatic rings. The van der Waals surface area contributed by atoms with Gasteiger partial charge >= 0.3 is 0 Å². The van der Waals surface area contributed by atoms with Crippen LogP contribution in [0.2, 0.25) is 0 Å². The van der Waals surface area contributed by atoms with Crippen LogP contribution in [0, 0.1) is 5.92 Å². The molecule has 3 aromatic carbocycles. The van der Waals surface area contributed by atoms with E-state index in [0.29, 0.717) is 31.1 Å². The third-order valence-corrected chi connectivity index (χ3v) is 8.47. The monoisotopic (exact) mass is 476 g/mol. The second-order valence-corrected chi connectivity index (χ2v) is 11.0. The maximum atomic E-state index is 13.4. The molecule has 3 aromatic rings. The molecule has 0 radical (unpaired) electrons. The van der Waals surface area contributed by atoms with Gasteiger partial charge in [-0.15, -0.1) is 0 Å². The zero-order valence-electron chi connectivity index (χ0n) is 19.9. The van der Waals surface area contributed by atoms with E-state index in [1.807, 2.05) is 72.5 Å². The largest absolute Gasteiger partial charge is 0.339 e.